The Kier molecular flexibility index (Phi) is 3.56. The van der Waals surface area contributed by atoms with Crippen LogP contribution in [0.4, 0.5) is 0 Å². The van der Waals surface area contributed by atoms with Crippen LogP contribution in [0.5, 0.6) is 5.75 Å². The molecule has 0 saturated heterocycles. The van der Waals surface area contributed by atoms with Crippen LogP contribution in [0.1, 0.15) is 25.7 Å². The number of rotatable bonds is 3. The van der Waals surface area contributed by atoms with Gasteiger partial charge in [0.25, 0.3) is 9.05 Å². The monoisotopic (exact) mass is 311 g/mol. The Bertz CT molecular complexity index is 739. The maximum absolute atomic E-state index is 11.6. The largest absolute Gasteiger partial charge is 0.490 e. The zero-order valence-corrected chi connectivity index (χ0v) is 12.3. The van der Waals surface area contributed by atoms with Crippen molar-refractivity contribution in [1.82, 2.24) is 4.98 Å². The van der Waals surface area contributed by atoms with Crippen LogP contribution in [0.25, 0.3) is 10.9 Å². The first-order valence-corrected chi connectivity index (χ1v) is 8.86. The van der Waals surface area contributed by atoms with Crippen LogP contribution in [0.3, 0.4) is 0 Å². The van der Waals surface area contributed by atoms with Crippen molar-refractivity contribution in [3.8, 4) is 5.75 Å². The zero-order chi connectivity index (χ0) is 14.2. The molecule has 1 saturated carbocycles. The van der Waals surface area contributed by atoms with Crippen molar-refractivity contribution in [2.24, 2.45) is 0 Å². The predicted molar refractivity (Wildman–Crippen MR) is 77.7 cm³/mol. The van der Waals surface area contributed by atoms with Crippen LogP contribution in [-0.2, 0) is 9.05 Å². The molecule has 106 valence electrons. The Morgan fingerprint density at radius 3 is 2.65 bits per heavy atom. The van der Waals surface area contributed by atoms with Crippen LogP contribution >= 0.6 is 10.7 Å². The Hall–Kier alpha value is -1.33. The van der Waals surface area contributed by atoms with Crippen LogP contribution in [0.15, 0.2) is 35.4 Å². The van der Waals surface area contributed by atoms with Crippen LogP contribution in [0, 0.1) is 0 Å². The number of pyridine rings is 1. The molecule has 0 bridgehead atoms. The van der Waals surface area contributed by atoms with Crippen molar-refractivity contribution < 1.29 is 13.2 Å². The molecule has 1 aliphatic carbocycles. The van der Waals surface area contributed by atoms with Crippen LogP contribution < -0.4 is 4.74 Å². The van der Waals surface area contributed by atoms with Crippen LogP contribution in [-0.4, -0.2) is 19.5 Å². The van der Waals surface area contributed by atoms with Gasteiger partial charge in [-0.1, -0.05) is 0 Å². The fourth-order valence-corrected chi connectivity index (χ4v) is 3.60. The lowest BCUT2D eigenvalue weighted by molar-refractivity contribution is 0.212. The van der Waals surface area contributed by atoms with E-state index >= 15 is 0 Å². The molecular formula is C14H14ClNO3S. The van der Waals surface area contributed by atoms with Crippen molar-refractivity contribution in [3.63, 3.8) is 0 Å². The molecule has 1 aromatic heterocycles. The van der Waals surface area contributed by atoms with Gasteiger partial charge in [-0.15, -0.1) is 0 Å². The minimum atomic E-state index is -3.82. The minimum Gasteiger partial charge on any atom is -0.490 e. The van der Waals surface area contributed by atoms with Crippen molar-refractivity contribution in [3.05, 3.63) is 30.5 Å². The Morgan fingerprint density at radius 1 is 1.20 bits per heavy atom. The van der Waals surface area contributed by atoms with Gasteiger partial charge in [-0.3, -0.25) is 4.98 Å². The van der Waals surface area contributed by atoms with E-state index in [-0.39, 0.29) is 11.0 Å². The molecule has 1 heterocycles. The Labute approximate surface area is 122 Å². The smallest absolute Gasteiger partial charge is 0.263 e. The van der Waals surface area contributed by atoms with E-state index in [0.717, 1.165) is 12.8 Å². The number of halogens is 1. The number of benzene rings is 1. The quantitative estimate of drug-likeness (QED) is 0.814. The molecule has 0 aliphatic heterocycles. The van der Waals surface area contributed by atoms with Gasteiger partial charge >= 0.3 is 0 Å². The third-order valence-corrected chi connectivity index (χ3v) is 4.90. The molecule has 0 unspecified atom stereocenters. The van der Waals surface area contributed by atoms with Gasteiger partial charge in [0.2, 0.25) is 0 Å². The normalized spacial score (nSPS) is 16.6. The minimum absolute atomic E-state index is 0.0218. The summed E-state index contributed by atoms with van der Waals surface area (Å²) in [6, 6.07) is 6.69. The lowest BCUT2D eigenvalue weighted by atomic mass is 10.2. The highest BCUT2D eigenvalue weighted by Crippen LogP contribution is 2.33. The van der Waals surface area contributed by atoms with Gasteiger partial charge in [0.1, 0.15) is 10.6 Å². The summed E-state index contributed by atoms with van der Waals surface area (Å²) in [5, 5.41) is 0.682. The van der Waals surface area contributed by atoms with Crippen LogP contribution in [0.2, 0.25) is 0 Å². The molecule has 0 atom stereocenters. The Balaban J connectivity index is 2.11. The van der Waals surface area contributed by atoms with Crippen molar-refractivity contribution in [2.75, 3.05) is 0 Å². The summed E-state index contributed by atoms with van der Waals surface area (Å²) < 4.78 is 29.2. The highest BCUT2D eigenvalue weighted by atomic mass is 35.7. The summed E-state index contributed by atoms with van der Waals surface area (Å²) in [4.78, 5) is 4.16. The van der Waals surface area contributed by atoms with E-state index in [1.165, 1.54) is 18.9 Å². The molecule has 4 nitrogen and oxygen atoms in total. The molecule has 2 aromatic rings. The fraction of sp³-hybridized carbons (Fsp3) is 0.357. The van der Waals surface area contributed by atoms with E-state index in [4.69, 9.17) is 15.4 Å². The van der Waals surface area contributed by atoms with E-state index in [1.54, 1.807) is 24.4 Å². The zero-order valence-electron chi connectivity index (χ0n) is 10.8. The van der Waals surface area contributed by atoms with Gasteiger partial charge in [0.15, 0.2) is 0 Å². The van der Waals surface area contributed by atoms with E-state index in [1.807, 2.05) is 0 Å². The number of ether oxygens (including phenoxy) is 1. The first kappa shape index (κ1) is 13.6. The average molecular weight is 312 g/mol. The van der Waals surface area contributed by atoms with Gasteiger partial charge in [0.05, 0.1) is 11.6 Å². The molecule has 20 heavy (non-hydrogen) atoms. The number of hydrogen-bond donors (Lipinski definition) is 0. The lowest BCUT2D eigenvalue weighted by Gasteiger charge is -2.15. The molecule has 1 aliphatic rings. The summed E-state index contributed by atoms with van der Waals surface area (Å²) in [5.41, 5.74) is 0.359. The maximum Gasteiger partial charge on any atom is 0.263 e. The molecule has 0 amide bonds. The van der Waals surface area contributed by atoms with E-state index < -0.39 is 9.05 Å². The SMILES string of the molecule is O=S(=O)(Cl)c1ccc(OC2CCCC2)c2cccnc12. The molecule has 3 rings (SSSR count). The van der Waals surface area contributed by atoms with Gasteiger partial charge < -0.3 is 4.74 Å². The molecule has 0 spiro atoms. The summed E-state index contributed by atoms with van der Waals surface area (Å²) in [6.45, 7) is 0. The number of hydrogen-bond acceptors (Lipinski definition) is 4. The molecule has 1 aromatic carbocycles. The van der Waals surface area contributed by atoms with Gasteiger partial charge in [-0.2, -0.15) is 0 Å². The highest BCUT2D eigenvalue weighted by Gasteiger charge is 2.21. The third-order valence-electron chi connectivity index (χ3n) is 3.55. The summed E-state index contributed by atoms with van der Waals surface area (Å²) in [5.74, 6) is 0.670. The summed E-state index contributed by atoms with van der Waals surface area (Å²) >= 11 is 0. The second kappa shape index (κ2) is 5.22. The molecule has 0 radical (unpaired) electrons. The second-order valence-corrected chi connectivity index (χ2v) is 7.46. The molecule has 0 N–H and O–H groups in total. The topological polar surface area (TPSA) is 56.3 Å². The maximum atomic E-state index is 11.6. The van der Waals surface area contributed by atoms with E-state index in [0.29, 0.717) is 16.7 Å². The first-order valence-electron chi connectivity index (χ1n) is 6.55. The Morgan fingerprint density at radius 2 is 1.95 bits per heavy atom. The van der Waals surface area contributed by atoms with E-state index in [2.05, 4.69) is 4.98 Å². The van der Waals surface area contributed by atoms with E-state index in [9.17, 15) is 8.42 Å². The number of aromatic nitrogens is 1. The van der Waals surface area contributed by atoms with Gasteiger partial charge in [-0.05, 0) is 49.9 Å². The third kappa shape index (κ3) is 2.60. The number of fused-ring (bicyclic) bond motifs is 1. The van der Waals surface area contributed by atoms with Crippen molar-refractivity contribution >= 4 is 30.6 Å². The molecular weight excluding hydrogens is 298 g/mol. The molecule has 6 heteroatoms. The predicted octanol–water partition coefficient (Wildman–Crippen LogP) is 3.48. The average Bonchev–Trinajstić information content (AvgIpc) is 2.90. The standard InChI is InChI=1S/C14H14ClNO3S/c15-20(17,18)13-8-7-12(19-10-4-1-2-5-10)11-6-3-9-16-14(11)13/h3,6-10H,1-2,4-5H2. The van der Waals surface area contributed by atoms with Gasteiger partial charge in [0, 0.05) is 22.3 Å². The summed E-state index contributed by atoms with van der Waals surface area (Å²) in [6.07, 6.45) is 6.18. The number of nitrogens with zero attached hydrogens (tertiary/aromatic N) is 1. The highest BCUT2D eigenvalue weighted by molar-refractivity contribution is 8.14. The van der Waals surface area contributed by atoms with Crippen molar-refractivity contribution in [1.29, 1.82) is 0 Å². The first-order chi connectivity index (χ1) is 9.55. The molecule has 1 fully saturated rings. The fourth-order valence-electron chi connectivity index (χ4n) is 2.61. The van der Waals surface area contributed by atoms with Gasteiger partial charge in [-0.25, -0.2) is 8.42 Å². The lowest BCUT2D eigenvalue weighted by Crippen LogP contribution is -2.11. The second-order valence-electron chi connectivity index (χ2n) is 4.92. The summed E-state index contributed by atoms with van der Waals surface area (Å²) in [7, 11) is 1.63. The van der Waals surface area contributed by atoms with Crippen molar-refractivity contribution in [2.45, 2.75) is 36.7 Å².